The Hall–Kier alpha value is -1.31. The summed E-state index contributed by atoms with van der Waals surface area (Å²) in [5.74, 6) is 6.52. The Morgan fingerprint density at radius 2 is 2.30 bits per heavy atom. The summed E-state index contributed by atoms with van der Waals surface area (Å²) in [4.78, 5) is 16.2. The smallest absolute Gasteiger partial charge is 0.222 e. The van der Waals surface area contributed by atoms with Crippen LogP contribution in [-0.2, 0) is 11.3 Å². The van der Waals surface area contributed by atoms with Gasteiger partial charge in [-0.3, -0.25) is 4.79 Å². The molecule has 0 bridgehead atoms. The van der Waals surface area contributed by atoms with Crippen LogP contribution in [0.3, 0.4) is 0 Å². The van der Waals surface area contributed by atoms with Gasteiger partial charge in [0, 0.05) is 17.8 Å². The maximum absolute atomic E-state index is 12.1. The number of aliphatic hydroxyl groups excluding tert-OH is 1. The van der Waals surface area contributed by atoms with Gasteiger partial charge in [0.1, 0.15) is 6.61 Å². The van der Waals surface area contributed by atoms with E-state index in [1.165, 1.54) is 6.42 Å². The standard InChI is InChI=1S/C16H21NO2S/c1-2-13-5-8-16(19)17(10-9-13)12-15-7-6-14(20-15)4-3-11-18/h6-7,13,18H,2,5,8-12H2,1H3. The lowest BCUT2D eigenvalue weighted by Crippen LogP contribution is -2.29. The fraction of sp³-hybridized carbons (Fsp3) is 0.562. The van der Waals surface area contributed by atoms with Crippen LogP contribution in [-0.4, -0.2) is 29.1 Å². The number of thiophene rings is 1. The average Bonchev–Trinajstić information content (AvgIpc) is 2.83. The fourth-order valence-electron chi connectivity index (χ4n) is 2.51. The second-order valence-corrected chi connectivity index (χ2v) is 6.31. The predicted molar refractivity (Wildman–Crippen MR) is 81.3 cm³/mol. The molecule has 2 heterocycles. The van der Waals surface area contributed by atoms with Gasteiger partial charge < -0.3 is 10.0 Å². The van der Waals surface area contributed by atoms with Gasteiger partial charge in [0.25, 0.3) is 0 Å². The van der Waals surface area contributed by atoms with Gasteiger partial charge in [0.05, 0.1) is 11.4 Å². The van der Waals surface area contributed by atoms with Crippen molar-refractivity contribution in [2.45, 2.75) is 39.2 Å². The van der Waals surface area contributed by atoms with E-state index in [0.717, 1.165) is 29.1 Å². The summed E-state index contributed by atoms with van der Waals surface area (Å²) in [6, 6.07) is 3.99. The van der Waals surface area contributed by atoms with Crippen molar-refractivity contribution in [1.82, 2.24) is 4.90 Å². The van der Waals surface area contributed by atoms with Crippen molar-refractivity contribution >= 4 is 17.2 Å². The van der Waals surface area contributed by atoms with Crippen molar-refractivity contribution in [2.24, 2.45) is 5.92 Å². The average molecular weight is 291 g/mol. The normalized spacial score (nSPS) is 19.4. The van der Waals surface area contributed by atoms with Gasteiger partial charge in [-0.1, -0.05) is 25.2 Å². The SMILES string of the molecule is CCC1CCC(=O)N(Cc2ccc(C#CCO)s2)CC1. The Labute approximate surface area is 124 Å². The lowest BCUT2D eigenvalue weighted by molar-refractivity contribution is -0.131. The van der Waals surface area contributed by atoms with Crippen molar-refractivity contribution in [3.8, 4) is 11.8 Å². The van der Waals surface area contributed by atoms with Gasteiger partial charge in [-0.15, -0.1) is 11.3 Å². The molecule has 1 unspecified atom stereocenters. The lowest BCUT2D eigenvalue weighted by Gasteiger charge is -2.19. The molecule has 2 rings (SSSR count). The zero-order valence-corrected chi connectivity index (χ0v) is 12.7. The number of amides is 1. The lowest BCUT2D eigenvalue weighted by atomic mass is 9.98. The molecule has 1 atom stereocenters. The number of hydrogen-bond acceptors (Lipinski definition) is 3. The molecular weight excluding hydrogens is 270 g/mol. The Balaban J connectivity index is 1.98. The van der Waals surface area contributed by atoms with E-state index < -0.39 is 0 Å². The van der Waals surface area contributed by atoms with Crippen LogP contribution >= 0.6 is 11.3 Å². The summed E-state index contributed by atoms with van der Waals surface area (Å²) in [6.45, 7) is 3.65. The highest BCUT2D eigenvalue weighted by Crippen LogP contribution is 2.24. The third-order valence-electron chi connectivity index (χ3n) is 3.80. The van der Waals surface area contributed by atoms with Crippen LogP contribution in [0.2, 0.25) is 0 Å². The van der Waals surface area contributed by atoms with E-state index in [1.807, 2.05) is 17.0 Å². The van der Waals surface area contributed by atoms with Crippen LogP contribution in [0.1, 0.15) is 42.4 Å². The molecule has 0 aliphatic carbocycles. The molecule has 1 fully saturated rings. The minimum Gasteiger partial charge on any atom is -0.384 e. The van der Waals surface area contributed by atoms with E-state index in [2.05, 4.69) is 18.8 Å². The van der Waals surface area contributed by atoms with Crippen LogP contribution in [0, 0.1) is 17.8 Å². The summed E-state index contributed by atoms with van der Waals surface area (Å²) < 4.78 is 0. The minimum atomic E-state index is -0.115. The van der Waals surface area contributed by atoms with Crippen LogP contribution in [0.5, 0.6) is 0 Å². The molecule has 1 N–H and O–H groups in total. The van der Waals surface area contributed by atoms with E-state index in [1.54, 1.807) is 11.3 Å². The fourth-order valence-corrected chi connectivity index (χ4v) is 3.41. The van der Waals surface area contributed by atoms with Gasteiger partial charge >= 0.3 is 0 Å². The maximum Gasteiger partial charge on any atom is 0.222 e. The van der Waals surface area contributed by atoms with Gasteiger partial charge in [0.15, 0.2) is 0 Å². The largest absolute Gasteiger partial charge is 0.384 e. The van der Waals surface area contributed by atoms with Crippen molar-refractivity contribution in [1.29, 1.82) is 0 Å². The number of carbonyl (C=O) groups is 1. The van der Waals surface area contributed by atoms with Crippen LogP contribution in [0.25, 0.3) is 0 Å². The van der Waals surface area contributed by atoms with Crippen molar-refractivity contribution in [3.05, 3.63) is 21.9 Å². The number of carbonyl (C=O) groups excluding carboxylic acids is 1. The summed E-state index contributed by atoms with van der Waals surface area (Å²) >= 11 is 1.60. The molecule has 20 heavy (non-hydrogen) atoms. The molecule has 1 saturated heterocycles. The first-order valence-corrected chi connectivity index (χ1v) is 8.00. The van der Waals surface area contributed by atoms with E-state index >= 15 is 0 Å². The topological polar surface area (TPSA) is 40.5 Å². The summed E-state index contributed by atoms with van der Waals surface area (Å²) in [6.07, 6.45) is 4.00. The third-order valence-corrected chi connectivity index (χ3v) is 4.79. The highest BCUT2D eigenvalue weighted by atomic mass is 32.1. The Bertz CT molecular complexity index is 512. The molecule has 0 radical (unpaired) electrons. The molecular formula is C16H21NO2S. The maximum atomic E-state index is 12.1. The Kier molecular flexibility index (Phi) is 5.63. The van der Waals surface area contributed by atoms with Gasteiger partial charge in [-0.25, -0.2) is 0 Å². The Morgan fingerprint density at radius 1 is 1.45 bits per heavy atom. The van der Waals surface area contributed by atoms with Crippen LogP contribution < -0.4 is 0 Å². The first-order chi connectivity index (χ1) is 9.72. The third kappa shape index (κ3) is 4.09. The number of hydrogen-bond donors (Lipinski definition) is 1. The molecule has 1 aliphatic rings. The molecule has 108 valence electrons. The molecule has 3 nitrogen and oxygen atoms in total. The number of rotatable bonds is 3. The highest BCUT2D eigenvalue weighted by Gasteiger charge is 2.21. The molecule has 0 spiro atoms. The second-order valence-electron chi connectivity index (χ2n) is 5.14. The number of likely N-dealkylation sites (tertiary alicyclic amines) is 1. The second kappa shape index (κ2) is 7.47. The minimum absolute atomic E-state index is 0.115. The quantitative estimate of drug-likeness (QED) is 0.870. The first kappa shape index (κ1) is 15.1. The van der Waals surface area contributed by atoms with Gasteiger partial charge in [-0.05, 0) is 30.9 Å². The summed E-state index contributed by atoms with van der Waals surface area (Å²) in [5.41, 5.74) is 0. The summed E-state index contributed by atoms with van der Waals surface area (Å²) in [5, 5.41) is 8.69. The van der Waals surface area contributed by atoms with Gasteiger partial charge in [0.2, 0.25) is 5.91 Å². The first-order valence-electron chi connectivity index (χ1n) is 7.19. The van der Waals surface area contributed by atoms with Crippen molar-refractivity contribution < 1.29 is 9.90 Å². The van der Waals surface area contributed by atoms with E-state index in [0.29, 0.717) is 18.9 Å². The summed E-state index contributed by atoms with van der Waals surface area (Å²) in [7, 11) is 0. The molecule has 4 heteroatoms. The number of nitrogens with zero attached hydrogens (tertiary/aromatic N) is 1. The van der Waals surface area contributed by atoms with Crippen molar-refractivity contribution in [2.75, 3.05) is 13.2 Å². The van der Waals surface area contributed by atoms with E-state index in [-0.39, 0.29) is 12.5 Å². The predicted octanol–water partition coefficient (Wildman–Crippen LogP) is 2.63. The Morgan fingerprint density at radius 3 is 3.05 bits per heavy atom. The molecule has 1 aromatic rings. The van der Waals surface area contributed by atoms with Crippen LogP contribution in [0.4, 0.5) is 0 Å². The zero-order chi connectivity index (χ0) is 14.4. The monoisotopic (exact) mass is 291 g/mol. The molecule has 1 aliphatic heterocycles. The van der Waals surface area contributed by atoms with Crippen molar-refractivity contribution in [3.63, 3.8) is 0 Å². The number of aliphatic hydroxyl groups is 1. The molecule has 0 aromatic carbocycles. The van der Waals surface area contributed by atoms with E-state index in [4.69, 9.17) is 5.11 Å². The van der Waals surface area contributed by atoms with Crippen LogP contribution in [0.15, 0.2) is 12.1 Å². The molecule has 1 amide bonds. The van der Waals surface area contributed by atoms with E-state index in [9.17, 15) is 4.79 Å². The molecule has 1 aromatic heterocycles. The van der Waals surface area contributed by atoms with Gasteiger partial charge in [-0.2, -0.15) is 0 Å². The highest BCUT2D eigenvalue weighted by molar-refractivity contribution is 7.12. The zero-order valence-electron chi connectivity index (χ0n) is 11.9. The molecule has 0 saturated carbocycles.